The van der Waals surface area contributed by atoms with Gasteiger partial charge in [-0.2, -0.15) is 8.61 Å². The van der Waals surface area contributed by atoms with Crippen LogP contribution in [-0.2, 0) is 29.6 Å². The van der Waals surface area contributed by atoms with Crippen molar-refractivity contribution in [2.45, 2.75) is 9.79 Å². The van der Waals surface area contributed by atoms with Crippen molar-refractivity contribution in [3.05, 3.63) is 55.0 Å². The Morgan fingerprint density at radius 1 is 0.846 bits per heavy atom. The van der Waals surface area contributed by atoms with Gasteiger partial charge in [0.25, 0.3) is 0 Å². The van der Waals surface area contributed by atoms with E-state index in [9.17, 15) is 26.4 Å². The van der Waals surface area contributed by atoms with Crippen LogP contribution in [0.2, 0.25) is 20.1 Å². The molecule has 2 heterocycles. The second-order valence-corrected chi connectivity index (χ2v) is 14.2. The van der Waals surface area contributed by atoms with Gasteiger partial charge in [-0.25, -0.2) is 16.8 Å². The predicted octanol–water partition coefficient (Wildman–Crippen LogP) is 2.95. The lowest BCUT2D eigenvalue weighted by Gasteiger charge is -2.32. The summed E-state index contributed by atoms with van der Waals surface area (Å²) >= 11 is 25.4. The Morgan fingerprint density at radius 2 is 1.44 bits per heavy atom. The van der Waals surface area contributed by atoms with Crippen LogP contribution in [0.25, 0.3) is 0 Å². The van der Waals surface area contributed by atoms with E-state index >= 15 is 0 Å². The molecule has 1 radical (unpaired) electrons. The summed E-state index contributed by atoms with van der Waals surface area (Å²) in [5.41, 5.74) is -1.42. The third-order valence-electron chi connectivity index (χ3n) is 6.45. The molecule has 2 aliphatic rings. The van der Waals surface area contributed by atoms with Crippen molar-refractivity contribution < 1.29 is 31.2 Å². The number of piperazine rings is 1. The zero-order valence-corrected chi connectivity index (χ0v) is 25.1. The van der Waals surface area contributed by atoms with Crippen LogP contribution in [0.15, 0.2) is 28.0 Å². The van der Waals surface area contributed by atoms with Crippen molar-refractivity contribution in [1.29, 1.82) is 0 Å². The molecule has 0 bridgehead atoms. The van der Waals surface area contributed by atoms with Gasteiger partial charge in [-0.05, 0) is 25.2 Å². The zero-order chi connectivity index (χ0) is 28.7. The minimum Gasteiger partial charge on any atom is -0.379 e. The first-order valence-corrected chi connectivity index (χ1v) is 15.9. The van der Waals surface area contributed by atoms with E-state index in [-0.39, 0.29) is 49.4 Å². The van der Waals surface area contributed by atoms with Crippen LogP contribution in [-0.4, -0.2) is 102 Å². The fraction of sp³-hybridized carbons (Fsp3) is 0.391. The highest BCUT2D eigenvalue weighted by molar-refractivity contribution is 7.89. The molecule has 211 valence electrons. The van der Waals surface area contributed by atoms with Gasteiger partial charge in [-0.1, -0.05) is 46.4 Å². The molecule has 0 saturated carbocycles. The first-order valence-electron chi connectivity index (χ1n) is 11.5. The van der Waals surface area contributed by atoms with E-state index in [4.69, 9.17) is 51.1 Å². The number of ketones is 1. The molecule has 0 spiro atoms. The van der Waals surface area contributed by atoms with E-state index < -0.39 is 62.4 Å². The van der Waals surface area contributed by atoms with E-state index in [1.54, 1.807) is 0 Å². The molecule has 4 rings (SSSR count). The van der Waals surface area contributed by atoms with E-state index in [2.05, 4.69) is 0 Å². The predicted molar refractivity (Wildman–Crippen MR) is 147 cm³/mol. The molecule has 2 fully saturated rings. The quantitative estimate of drug-likeness (QED) is 0.417. The number of rotatable bonds is 7. The molecule has 0 amide bonds. The molecular weight excluding hydrogens is 636 g/mol. The van der Waals surface area contributed by atoms with E-state index in [0.29, 0.717) is 13.1 Å². The molecule has 0 atom stereocenters. The Kier molecular flexibility index (Phi) is 9.34. The van der Waals surface area contributed by atoms with Crippen LogP contribution in [0.3, 0.4) is 0 Å². The molecule has 0 aromatic heterocycles. The second kappa shape index (κ2) is 11.9. The van der Waals surface area contributed by atoms with Crippen LogP contribution in [0, 0.1) is 0 Å². The Hall–Kier alpha value is -1.32. The number of benzene rings is 2. The van der Waals surface area contributed by atoms with Gasteiger partial charge < -0.3 is 9.64 Å². The number of carbonyl (C=O) groups is 1. The fourth-order valence-electron chi connectivity index (χ4n) is 4.27. The maximum atomic E-state index is 13.9. The van der Waals surface area contributed by atoms with E-state index in [1.807, 2.05) is 11.9 Å². The number of sulfonamides is 2. The van der Waals surface area contributed by atoms with Crippen LogP contribution >= 0.6 is 46.4 Å². The number of morpholine rings is 1. The van der Waals surface area contributed by atoms with Crippen molar-refractivity contribution in [2.75, 3.05) is 59.5 Å². The molecule has 2 aromatic carbocycles. The standard InChI is InChI=1S/C23H22Cl4N3O7S2/c1-28-4-6-29(7-5-28)39(35,36)23-14(12-17(25)15(13-31)20(23)26)22(32)19-16(24)2-3-18(21(19)27)38(33,34)30-8-10-37-11-9-30/h2-3,12H,4-11H2,1H3. The third kappa shape index (κ3) is 5.74. The second-order valence-electron chi connectivity index (χ2n) is 8.81. The SMILES string of the molecule is CN1CCN(S(=O)(=O)c2c(C(=O)c3c(Cl)ccc(S(=O)(=O)N4CCOCC4)c3Cl)cc(Cl)c([C]=O)c2Cl)CC1. The zero-order valence-electron chi connectivity index (χ0n) is 20.4. The number of hydrogen-bond acceptors (Lipinski definition) is 8. The Balaban J connectivity index is 1.90. The van der Waals surface area contributed by atoms with Gasteiger partial charge in [-0.3, -0.25) is 9.59 Å². The average Bonchev–Trinajstić information content (AvgIpc) is 2.89. The summed E-state index contributed by atoms with van der Waals surface area (Å²) in [5.74, 6) is -1.04. The number of ether oxygens (including phenoxy) is 1. The lowest BCUT2D eigenvalue weighted by Crippen LogP contribution is -2.47. The summed E-state index contributed by atoms with van der Waals surface area (Å²) in [5, 5.41) is -1.66. The minimum absolute atomic E-state index is 0.0762. The summed E-state index contributed by atoms with van der Waals surface area (Å²) in [6, 6.07) is 3.31. The topological polar surface area (TPSA) is 121 Å². The maximum absolute atomic E-state index is 13.9. The molecule has 0 N–H and O–H groups in total. The summed E-state index contributed by atoms with van der Waals surface area (Å²) in [4.78, 5) is 26.4. The maximum Gasteiger partial charge on any atom is 0.245 e. The van der Waals surface area contributed by atoms with Crippen molar-refractivity contribution in [1.82, 2.24) is 13.5 Å². The highest BCUT2D eigenvalue weighted by Gasteiger charge is 2.38. The lowest BCUT2D eigenvalue weighted by atomic mass is 10.0. The summed E-state index contributed by atoms with van der Waals surface area (Å²) in [6.07, 6.45) is 1.52. The number of likely N-dealkylation sites (N-methyl/N-ethyl adjacent to an activating group) is 1. The molecule has 2 saturated heterocycles. The van der Waals surface area contributed by atoms with Crippen LogP contribution < -0.4 is 0 Å². The molecule has 0 unspecified atom stereocenters. The molecule has 0 aliphatic carbocycles. The number of nitrogens with zero attached hydrogens (tertiary/aromatic N) is 3. The fourth-order valence-corrected chi connectivity index (χ4v) is 9.07. The van der Waals surface area contributed by atoms with Gasteiger partial charge in [0.1, 0.15) is 9.79 Å². The molecule has 16 heteroatoms. The molecule has 39 heavy (non-hydrogen) atoms. The molecular formula is C23H22Cl4N3O7S2. The highest BCUT2D eigenvalue weighted by Crippen LogP contribution is 2.40. The number of halogens is 4. The van der Waals surface area contributed by atoms with Crippen molar-refractivity contribution in [2.24, 2.45) is 0 Å². The normalized spacial score (nSPS) is 18.3. The van der Waals surface area contributed by atoms with Gasteiger partial charge in [0.2, 0.25) is 26.3 Å². The average molecular weight is 658 g/mol. The number of hydrogen-bond donors (Lipinski definition) is 0. The van der Waals surface area contributed by atoms with Gasteiger partial charge in [0.05, 0.1) is 44.4 Å². The summed E-state index contributed by atoms with van der Waals surface area (Å²) in [6.45, 7) is 1.54. The third-order valence-corrected chi connectivity index (χ3v) is 12.0. The first kappa shape index (κ1) is 30.6. The van der Waals surface area contributed by atoms with Gasteiger partial charge >= 0.3 is 0 Å². The molecule has 2 aliphatic heterocycles. The monoisotopic (exact) mass is 656 g/mol. The van der Waals surface area contributed by atoms with Crippen molar-refractivity contribution in [3.8, 4) is 0 Å². The van der Waals surface area contributed by atoms with E-state index in [1.165, 1.54) is 18.4 Å². The summed E-state index contributed by atoms with van der Waals surface area (Å²) in [7, 11) is -6.77. The van der Waals surface area contributed by atoms with Crippen LogP contribution in [0.1, 0.15) is 21.5 Å². The van der Waals surface area contributed by atoms with Gasteiger partial charge in [0.15, 0.2) is 5.78 Å². The van der Waals surface area contributed by atoms with Gasteiger partial charge in [-0.15, -0.1) is 0 Å². The van der Waals surface area contributed by atoms with Crippen molar-refractivity contribution in [3.63, 3.8) is 0 Å². The van der Waals surface area contributed by atoms with Crippen molar-refractivity contribution >= 4 is 78.5 Å². The van der Waals surface area contributed by atoms with Crippen LogP contribution in [0.5, 0.6) is 0 Å². The lowest BCUT2D eigenvalue weighted by molar-refractivity contribution is 0.0730. The summed E-state index contributed by atoms with van der Waals surface area (Å²) < 4.78 is 61.7. The van der Waals surface area contributed by atoms with Crippen LogP contribution in [0.4, 0.5) is 0 Å². The molecule has 10 nitrogen and oxygen atoms in total. The molecule has 2 aromatic rings. The Labute approximate surface area is 246 Å². The number of carbonyl (C=O) groups excluding carboxylic acids is 2. The van der Waals surface area contributed by atoms with E-state index in [0.717, 1.165) is 14.7 Å². The Bertz CT molecular complexity index is 1540. The largest absolute Gasteiger partial charge is 0.379 e. The minimum atomic E-state index is -4.44. The highest BCUT2D eigenvalue weighted by atomic mass is 35.5. The van der Waals surface area contributed by atoms with Gasteiger partial charge in [0, 0.05) is 44.8 Å². The first-order chi connectivity index (χ1) is 18.3. The smallest absolute Gasteiger partial charge is 0.245 e. The Morgan fingerprint density at radius 3 is 2.03 bits per heavy atom.